The molecule has 122 valence electrons. The molecular weight excluding hydrogens is 274 g/mol. The van der Waals surface area contributed by atoms with Crippen molar-refractivity contribution in [2.75, 3.05) is 6.61 Å². The first-order valence-corrected chi connectivity index (χ1v) is 8.68. The van der Waals surface area contributed by atoms with Gasteiger partial charge in [0, 0.05) is 24.1 Å². The zero-order valence-corrected chi connectivity index (χ0v) is 14.2. The van der Waals surface area contributed by atoms with Crippen LogP contribution in [0.25, 0.3) is 0 Å². The lowest BCUT2D eigenvalue weighted by atomic mass is 10.0. The maximum Gasteiger partial charge on any atom is 0.225 e. The number of hydrogen-bond donors (Lipinski definition) is 0. The van der Waals surface area contributed by atoms with Crippen LogP contribution in [-0.4, -0.2) is 23.5 Å². The fourth-order valence-electron chi connectivity index (χ4n) is 2.78. The van der Waals surface area contributed by atoms with Crippen molar-refractivity contribution >= 4 is 5.91 Å². The molecular formula is C19H29NO2. The maximum atomic E-state index is 12.7. The van der Waals surface area contributed by atoms with Gasteiger partial charge in [-0.1, -0.05) is 45.4 Å². The van der Waals surface area contributed by atoms with E-state index in [9.17, 15) is 4.79 Å². The Kier molecular flexibility index (Phi) is 6.29. The van der Waals surface area contributed by atoms with Crippen LogP contribution in [0.2, 0.25) is 0 Å². The molecule has 0 spiro atoms. The van der Waals surface area contributed by atoms with Crippen LogP contribution in [0, 0.1) is 5.92 Å². The lowest BCUT2D eigenvalue weighted by Crippen LogP contribution is -2.36. The van der Waals surface area contributed by atoms with Gasteiger partial charge in [-0.15, -0.1) is 0 Å². The van der Waals surface area contributed by atoms with Gasteiger partial charge in [0.05, 0.1) is 6.61 Å². The number of carbonyl (C=O) groups is 1. The lowest BCUT2D eigenvalue weighted by molar-refractivity contribution is -0.136. The first-order valence-electron chi connectivity index (χ1n) is 8.68. The average molecular weight is 303 g/mol. The Balaban J connectivity index is 2.09. The van der Waals surface area contributed by atoms with E-state index in [0.29, 0.717) is 18.5 Å². The van der Waals surface area contributed by atoms with Crippen molar-refractivity contribution in [3.63, 3.8) is 0 Å². The van der Waals surface area contributed by atoms with Gasteiger partial charge in [-0.3, -0.25) is 4.79 Å². The molecule has 0 aliphatic heterocycles. The van der Waals surface area contributed by atoms with Crippen LogP contribution in [0.3, 0.4) is 0 Å². The van der Waals surface area contributed by atoms with Gasteiger partial charge in [0.25, 0.3) is 0 Å². The second-order valence-corrected chi connectivity index (χ2v) is 6.34. The van der Waals surface area contributed by atoms with Crippen LogP contribution >= 0.6 is 0 Å². The Morgan fingerprint density at radius 1 is 1.27 bits per heavy atom. The third-order valence-electron chi connectivity index (χ3n) is 4.19. The number of rotatable bonds is 9. The average Bonchev–Trinajstić information content (AvgIpc) is 3.35. The summed E-state index contributed by atoms with van der Waals surface area (Å²) in [6.45, 7) is 7.70. The van der Waals surface area contributed by atoms with E-state index in [1.54, 1.807) is 0 Å². The first kappa shape index (κ1) is 16.9. The van der Waals surface area contributed by atoms with Gasteiger partial charge < -0.3 is 9.64 Å². The largest absolute Gasteiger partial charge is 0.493 e. The number of benzene rings is 1. The van der Waals surface area contributed by atoms with Crippen LogP contribution in [0.1, 0.15) is 58.4 Å². The summed E-state index contributed by atoms with van der Waals surface area (Å²) in [5.74, 6) is 1.34. The molecule has 3 heteroatoms. The second kappa shape index (κ2) is 8.21. The van der Waals surface area contributed by atoms with Crippen molar-refractivity contribution in [3.8, 4) is 5.75 Å². The van der Waals surface area contributed by atoms with Crippen LogP contribution in [0.5, 0.6) is 5.75 Å². The molecule has 1 aliphatic carbocycles. The van der Waals surface area contributed by atoms with Crippen LogP contribution < -0.4 is 4.74 Å². The minimum Gasteiger partial charge on any atom is -0.493 e. The van der Waals surface area contributed by atoms with E-state index >= 15 is 0 Å². The highest BCUT2D eigenvalue weighted by Gasteiger charge is 2.34. The van der Waals surface area contributed by atoms with Gasteiger partial charge in [-0.25, -0.2) is 0 Å². The Labute approximate surface area is 134 Å². The van der Waals surface area contributed by atoms with E-state index in [-0.39, 0.29) is 5.92 Å². The van der Waals surface area contributed by atoms with Gasteiger partial charge in [0.1, 0.15) is 5.75 Å². The SMILES string of the molecule is CCCOc1ccccc1CN(C(=O)C(C)CCC)C1CC1. The summed E-state index contributed by atoms with van der Waals surface area (Å²) in [5.41, 5.74) is 1.12. The van der Waals surface area contributed by atoms with Crippen molar-refractivity contribution in [1.29, 1.82) is 0 Å². The summed E-state index contributed by atoms with van der Waals surface area (Å²) in [5, 5.41) is 0. The molecule has 1 fully saturated rings. The van der Waals surface area contributed by atoms with Gasteiger partial charge in [0.15, 0.2) is 0 Å². The van der Waals surface area contributed by atoms with E-state index in [1.165, 1.54) is 0 Å². The minimum absolute atomic E-state index is 0.120. The van der Waals surface area contributed by atoms with Crippen molar-refractivity contribution in [2.45, 2.75) is 65.5 Å². The maximum absolute atomic E-state index is 12.7. The second-order valence-electron chi connectivity index (χ2n) is 6.34. The molecule has 1 atom stereocenters. The summed E-state index contributed by atoms with van der Waals surface area (Å²) in [4.78, 5) is 14.8. The Morgan fingerprint density at radius 2 is 2.00 bits per heavy atom. The summed E-state index contributed by atoms with van der Waals surface area (Å²) >= 11 is 0. The number of ether oxygens (including phenoxy) is 1. The summed E-state index contributed by atoms with van der Waals surface area (Å²) < 4.78 is 5.84. The number of hydrogen-bond acceptors (Lipinski definition) is 2. The lowest BCUT2D eigenvalue weighted by Gasteiger charge is -2.26. The molecule has 1 amide bonds. The van der Waals surface area contributed by atoms with Crippen LogP contribution in [-0.2, 0) is 11.3 Å². The Bertz CT molecular complexity index is 482. The third kappa shape index (κ3) is 4.49. The standard InChI is InChI=1S/C19H29NO2/c1-4-8-15(3)19(21)20(17-11-12-17)14-16-9-6-7-10-18(16)22-13-5-2/h6-7,9-10,15,17H,4-5,8,11-14H2,1-3H3. The molecule has 2 rings (SSSR count). The number of nitrogens with zero attached hydrogens (tertiary/aromatic N) is 1. The van der Waals surface area contributed by atoms with E-state index < -0.39 is 0 Å². The molecule has 0 saturated heterocycles. The predicted molar refractivity (Wildman–Crippen MR) is 89.9 cm³/mol. The topological polar surface area (TPSA) is 29.5 Å². The Hall–Kier alpha value is -1.51. The first-order chi connectivity index (χ1) is 10.7. The number of amides is 1. The van der Waals surface area contributed by atoms with E-state index in [2.05, 4.69) is 31.7 Å². The van der Waals surface area contributed by atoms with Gasteiger partial charge in [-0.2, -0.15) is 0 Å². The molecule has 1 unspecified atom stereocenters. The smallest absolute Gasteiger partial charge is 0.225 e. The predicted octanol–water partition coefficient (Wildman–Crippen LogP) is 4.40. The van der Waals surface area contributed by atoms with Gasteiger partial charge in [-0.05, 0) is 31.7 Å². The van der Waals surface area contributed by atoms with E-state index in [1.807, 2.05) is 18.2 Å². The summed E-state index contributed by atoms with van der Waals surface area (Å²) in [7, 11) is 0. The molecule has 22 heavy (non-hydrogen) atoms. The van der Waals surface area contributed by atoms with Gasteiger partial charge in [0.2, 0.25) is 5.91 Å². The molecule has 0 N–H and O–H groups in total. The van der Waals surface area contributed by atoms with Crippen molar-refractivity contribution in [2.24, 2.45) is 5.92 Å². The van der Waals surface area contributed by atoms with Crippen LogP contribution in [0.4, 0.5) is 0 Å². The zero-order valence-electron chi connectivity index (χ0n) is 14.2. The number of para-hydroxylation sites is 1. The van der Waals surface area contributed by atoms with E-state index in [0.717, 1.165) is 50.0 Å². The molecule has 1 saturated carbocycles. The molecule has 0 bridgehead atoms. The van der Waals surface area contributed by atoms with E-state index in [4.69, 9.17) is 4.74 Å². The minimum atomic E-state index is 0.120. The summed E-state index contributed by atoms with van der Waals surface area (Å²) in [6.07, 6.45) is 5.30. The zero-order chi connectivity index (χ0) is 15.9. The van der Waals surface area contributed by atoms with Crippen molar-refractivity contribution in [3.05, 3.63) is 29.8 Å². The fourth-order valence-corrected chi connectivity index (χ4v) is 2.78. The number of carbonyl (C=O) groups excluding carboxylic acids is 1. The highest BCUT2D eigenvalue weighted by molar-refractivity contribution is 5.79. The molecule has 1 aliphatic rings. The highest BCUT2D eigenvalue weighted by Crippen LogP contribution is 2.32. The fraction of sp³-hybridized carbons (Fsp3) is 0.632. The Morgan fingerprint density at radius 3 is 2.64 bits per heavy atom. The normalized spacial score (nSPS) is 15.4. The molecule has 1 aromatic rings. The molecule has 0 heterocycles. The molecule has 0 aromatic heterocycles. The molecule has 3 nitrogen and oxygen atoms in total. The van der Waals surface area contributed by atoms with Crippen LogP contribution in [0.15, 0.2) is 24.3 Å². The summed E-state index contributed by atoms with van der Waals surface area (Å²) in [6, 6.07) is 8.55. The van der Waals surface area contributed by atoms with Crippen molar-refractivity contribution < 1.29 is 9.53 Å². The molecule has 1 aromatic carbocycles. The molecule has 0 radical (unpaired) electrons. The van der Waals surface area contributed by atoms with Gasteiger partial charge >= 0.3 is 0 Å². The van der Waals surface area contributed by atoms with Crippen molar-refractivity contribution in [1.82, 2.24) is 4.90 Å². The third-order valence-corrected chi connectivity index (χ3v) is 4.19. The monoisotopic (exact) mass is 303 g/mol. The highest BCUT2D eigenvalue weighted by atomic mass is 16.5. The quantitative estimate of drug-likeness (QED) is 0.676.